The summed E-state index contributed by atoms with van der Waals surface area (Å²) in [4.78, 5) is 16.7. The minimum atomic E-state index is -4.31. The van der Waals surface area contributed by atoms with E-state index >= 15 is 0 Å². The van der Waals surface area contributed by atoms with Gasteiger partial charge in [-0.05, 0) is 56.2 Å². The van der Waals surface area contributed by atoms with Crippen molar-refractivity contribution in [2.45, 2.75) is 44.2 Å². The van der Waals surface area contributed by atoms with Gasteiger partial charge in [0.2, 0.25) is 0 Å². The molecule has 2 aliphatic rings. The van der Waals surface area contributed by atoms with Gasteiger partial charge in [0.15, 0.2) is 5.69 Å². The van der Waals surface area contributed by atoms with Gasteiger partial charge in [0, 0.05) is 38.7 Å². The van der Waals surface area contributed by atoms with E-state index in [0.29, 0.717) is 42.6 Å². The first-order valence-corrected chi connectivity index (χ1v) is 10.9. The minimum absolute atomic E-state index is 0.128. The predicted octanol–water partition coefficient (Wildman–Crippen LogP) is 4.60. The Balaban J connectivity index is 1.27. The van der Waals surface area contributed by atoms with Crippen LogP contribution in [0.15, 0.2) is 34.9 Å². The molecule has 0 bridgehead atoms. The van der Waals surface area contributed by atoms with Crippen molar-refractivity contribution >= 4 is 5.91 Å². The van der Waals surface area contributed by atoms with Crippen LogP contribution in [0.3, 0.4) is 0 Å². The number of rotatable bonds is 7. The number of hydrogen-bond donors (Lipinski definition) is 0. The first-order chi connectivity index (χ1) is 14.8. The van der Waals surface area contributed by atoms with Gasteiger partial charge in [0.1, 0.15) is 5.76 Å². The molecule has 8 heteroatoms. The molecular weight excluding hydrogens is 407 g/mol. The average Bonchev–Trinajstić information content (AvgIpc) is 3.48. The Labute approximate surface area is 180 Å². The standard InChI is InChI=1S/C23H28F3N3O2/c1-28(22(30)20-13-21(31-27-20)18-7-8-18)14-17-5-3-10-29(15-17)11-9-16-4-2-6-19(12-16)23(24,25)26/h2,4,6,12-13,17-18H,3,5,7-11,14-15H2,1H3. The molecule has 2 fully saturated rings. The highest BCUT2D eigenvalue weighted by Gasteiger charge is 2.31. The van der Waals surface area contributed by atoms with Gasteiger partial charge in [-0.1, -0.05) is 23.4 Å². The lowest BCUT2D eigenvalue weighted by molar-refractivity contribution is -0.137. The number of likely N-dealkylation sites (tertiary alicyclic amines) is 1. The van der Waals surface area contributed by atoms with Crippen LogP contribution in [0, 0.1) is 5.92 Å². The number of aromatic nitrogens is 1. The second kappa shape index (κ2) is 9.02. The van der Waals surface area contributed by atoms with Crippen molar-refractivity contribution in [1.29, 1.82) is 0 Å². The van der Waals surface area contributed by atoms with Crippen molar-refractivity contribution in [3.8, 4) is 0 Å². The number of nitrogens with zero attached hydrogens (tertiary/aromatic N) is 3. The summed E-state index contributed by atoms with van der Waals surface area (Å²) in [5.41, 5.74) is 0.461. The van der Waals surface area contributed by atoms with E-state index in [2.05, 4.69) is 10.1 Å². The maximum Gasteiger partial charge on any atom is 0.416 e. The third-order valence-corrected chi connectivity index (χ3v) is 6.18. The van der Waals surface area contributed by atoms with E-state index in [1.54, 1.807) is 24.1 Å². The van der Waals surface area contributed by atoms with Crippen LogP contribution >= 0.6 is 0 Å². The zero-order valence-electron chi connectivity index (χ0n) is 17.7. The van der Waals surface area contributed by atoms with Crippen LogP contribution in [-0.4, -0.2) is 54.1 Å². The molecule has 0 N–H and O–H groups in total. The molecule has 1 aliphatic carbocycles. The topological polar surface area (TPSA) is 49.6 Å². The molecule has 2 heterocycles. The lowest BCUT2D eigenvalue weighted by Gasteiger charge is -2.34. The predicted molar refractivity (Wildman–Crippen MR) is 110 cm³/mol. The zero-order chi connectivity index (χ0) is 22.0. The Morgan fingerprint density at radius 1 is 1.26 bits per heavy atom. The van der Waals surface area contributed by atoms with Crippen molar-refractivity contribution in [2.75, 3.05) is 33.2 Å². The minimum Gasteiger partial charge on any atom is -0.360 e. The van der Waals surface area contributed by atoms with E-state index < -0.39 is 11.7 Å². The highest BCUT2D eigenvalue weighted by molar-refractivity contribution is 5.92. The maximum absolute atomic E-state index is 12.9. The Morgan fingerprint density at radius 2 is 2.06 bits per heavy atom. The number of piperidine rings is 1. The number of alkyl halides is 3. The van der Waals surface area contributed by atoms with Crippen LogP contribution < -0.4 is 0 Å². The molecule has 1 amide bonds. The quantitative estimate of drug-likeness (QED) is 0.638. The summed E-state index contributed by atoms with van der Waals surface area (Å²) in [7, 11) is 1.79. The SMILES string of the molecule is CN(CC1CCCN(CCc2cccc(C(F)(F)F)c2)C1)C(=O)c1cc(C2CC2)on1. The van der Waals surface area contributed by atoms with Crippen LogP contribution in [0.4, 0.5) is 13.2 Å². The smallest absolute Gasteiger partial charge is 0.360 e. The number of carbonyl (C=O) groups excluding carboxylic acids is 1. The number of hydrogen-bond acceptors (Lipinski definition) is 4. The van der Waals surface area contributed by atoms with Gasteiger partial charge in [-0.25, -0.2) is 0 Å². The molecule has 1 aromatic heterocycles. The Bertz CT molecular complexity index is 907. The molecule has 168 valence electrons. The van der Waals surface area contributed by atoms with Crippen molar-refractivity contribution in [2.24, 2.45) is 5.92 Å². The molecule has 1 unspecified atom stereocenters. The molecule has 2 aromatic rings. The van der Waals surface area contributed by atoms with E-state index in [9.17, 15) is 18.0 Å². The first kappa shape index (κ1) is 21.9. The van der Waals surface area contributed by atoms with Gasteiger partial charge in [0.25, 0.3) is 5.91 Å². The van der Waals surface area contributed by atoms with Gasteiger partial charge in [-0.15, -0.1) is 0 Å². The van der Waals surface area contributed by atoms with Crippen LogP contribution in [0.1, 0.15) is 59.0 Å². The number of halogens is 3. The summed E-state index contributed by atoms with van der Waals surface area (Å²) in [5, 5.41) is 3.94. The van der Waals surface area contributed by atoms with Gasteiger partial charge >= 0.3 is 6.18 Å². The van der Waals surface area contributed by atoms with Crippen molar-refractivity contribution in [1.82, 2.24) is 15.0 Å². The largest absolute Gasteiger partial charge is 0.416 e. The Hall–Kier alpha value is -2.35. The van der Waals surface area contributed by atoms with Gasteiger partial charge in [-0.3, -0.25) is 4.79 Å². The lowest BCUT2D eigenvalue weighted by Crippen LogP contribution is -2.42. The Kier molecular flexibility index (Phi) is 6.36. The monoisotopic (exact) mass is 435 g/mol. The zero-order valence-corrected chi connectivity index (χ0v) is 17.7. The van der Waals surface area contributed by atoms with E-state index in [1.807, 2.05) is 0 Å². The first-order valence-electron chi connectivity index (χ1n) is 10.9. The molecule has 5 nitrogen and oxygen atoms in total. The molecule has 1 aromatic carbocycles. The molecule has 1 saturated heterocycles. The Morgan fingerprint density at radius 3 is 2.81 bits per heavy atom. The highest BCUT2D eigenvalue weighted by atomic mass is 19.4. The van der Waals surface area contributed by atoms with Crippen LogP contribution in [0.2, 0.25) is 0 Å². The summed E-state index contributed by atoms with van der Waals surface area (Å²) in [5.74, 6) is 1.43. The van der Waals surface area contributed by atoms with Crippen LogP contribution in [-0.2, 0) is 12.6 Å². The van der Waals surface area contributed by atoms with Crippen molar-refractivity contribution in [3.63, 3.8) is 0 Å². The van der Waals surface area contributed by atoms with E-state index in [4.69, 9.17) is 4.52 Å². The van der Waals surface area contributed by atoms with E-state index in [1.165, 1.54) is 12.1 Å². The number of carbonyl (C=O) groups is 1. The molecule has 31 heavy (non-hydrogen) atoms. The maximum atomic E-state index is 12.9. The van der Waals surface area contributed by atoms with Crippen molar-refractivity contribution < 1.29 is 22.5 Å². The van der Waals surface area contributed by atoms with Gasteiger partial charge < -0.3 is 14.3 Å². The number of benzene rings is 1. The molecule has 1 saturated carbocycles. The second-order valence-electron chi connectivity index (χ2n) is 8.83. The fourth-order valence-corrected chi connectivity index (χ4v) is 4.31. The van der Waals surface area contributed by atoms with Gasteiger partial charge in [0.05, 0.1) is 5.56 Å². The third-order valence-electron chi connectivity index (χ3n) is 6.18. The van der Waals surface area contributed by atoms with Crippen LogP contribution in [0.25, 0.3) is 0 Å². The fraction of sp³-hybridized carbons (Fsp3) is 0.565. The lowest BCUT2D eigenvalue weighted by atomic mass is 9.96. The summed E-state index contributed by atoms with van der Waals surface area (Å²) < 4.78 is 44.0. The van der Waals surface area contributed by atoms with Crippen molar-refractivity contribution in [3.05, 3.63) is 52.9 Å². The van der Waals surface area contributed by atoms with Gasteiger partial charge in [-0.2, -0.15) is 13.2 Å². The highest BCUT2D eigenvalue weighted by Crippen LogP contribution is 2.40. The third kappa shape index (κ3) is 5.67. The molecule has 0 radical (unpaired) electrons. The summed E-state index contributed by atoms with van der Waals surface area (Å²) in [6.45, 7) is 3.11. The molecular formula is C23H28F3N3O2. The summed E-state index contributed by atoms with van der Waals surface area (Å²) in [6.07, 6.45) is 0.504. The summed E-state index contributed by atoms with van der Waals surface area (Å²) in [6, 6.07) is 7.32. The van der Waals surface area contributed by atoms with E-state index in [0.717, 1.165) is 50.6 Å². The fourth-order valence-electron chi connectivity index (χ4n) is 4.31. The number of amides is 1. The molecule has 4 rings (SSSR count). The van der Waals surface area contributed by atoms with E-state index in [-0.39, 0.29) is 5.91 Å². The molecule has 1 aliphatic heterocycles. The molecule has 1 atom stereocenters. The summed E-state index contributed by atoms with van der Waals surface area (Å²) >= 11 is 0. The average molecular weight is 435 g/mol. The van der Waals surface area contributed by atoms with Crippen LogP contribution in [0.5, 0.6) is 0 Å². The second-order valence-corrected chi connectivity index (χ2v) is 8.83. The normalized spacial score (nSPS) is 20.1. The molecule has 0 spiro atoms.